The first-order chi connectivity index (χ1) is 14.9. The molecule has 3 aromatic rings. The van der Waals surface area contributed by atoms with Gasteiger partial charge in [0.05, 0.1) is 16.9 Å². The summed E-state index contributed by atoms with van der Waals surface area (Å²) in [4.78, 5) is 12.1. The van der Waals surface area contributed by atoms with Crippen molar-refractivity contribution in [2.75, 3.05) is 0 Å². The first kappa shape index (κ1) is 22.0. The third kappa shape index (κ3) is 5.46. The van der Waals surface area contributed by atoms with Crippen molar-refractivity contribution in [1.82, 2.24) is 10.2 Å². The van der Waals surface area contributed by atoms with Crippen molar-refractivity contribution in [3.8, 4) is 17.6 Å². The van der Waals surface area contributed by atoms with Crippen LogP contribution in [0.5, 0.6) is 11.5 Å². The second-order valence-corrected chi connectivity index (χ2v) is 8.19. The number of ether oxygens (including phenoxy) is 1. The van der Waals surface area contributed by atoms with Gasteiger partial charge in [-0.2, -0.15) is 9.98 Å². The van der Waals surface area contributed by atoms with Crippen LogP contribution in [0.15, 0.2) is 89.8 Å². The van der Waals surface area contributed by atoms with E-state index < -0.39 is 27.9 Å². The van der Waals surface area contributed by atoms with Gasteiger partial charge in [-0.25, -0.2) is 13.9 Å². The fraction of sp³-hybridized carbons (Fsp3) is 0.0909. The number of rotatable bonds is 8. The Kier molecular flexibility index (Phi) is 6.99. The van der Waals surface area contributed by atoms with Crippen LogP contribution in [-0.4, -0.2) is 25.6 Å². The summed E-state index contributed by atoms with van der Waals surface area (Å²) in [6, 6.07) is 23.2. The summed E-state index contributed by atoms with van der Waals surface area (Å²) in [6.07, 6.45) is 0. The van der Waals surface area contributed by atoms with Crippen LogP contribution in [0, 0.1) is 11.3 Å². The van der Waals surface area contributed by atoms with Gasteiger partial charge in [-0.3, -0.25) is 10.0 Å². The molecule has 0 aromatic heterocycles. The van der Waals surface area contributed by atoms with Crippen molar-refractivity contribution >= 4 is 15.9 Å². The molecule has 31 heavy (non-hydrogen) atoms. The third-order valence-corrected chi connectivity index (χ3v) is 5.88. The van der Waals surface area contributed by atoms with Crippen molar-refractivity contribution in [2.24, 2.45) is 0 Å². The van der Waals surface area contributed by atoms with Gasteiger partial charge in [0, 0.05) is 0 Å². The number of carbonyl (C=O) groups is 1. The molecular formula is C22H19N3O5S. The number of sulfonamides is 1. The highest BCUT2D eigenvalue weighted by Crippen LogP contribution is 2.24. The Bertz CT molecular complexity index is 1160. The summed E-state index contributed by atoms with van der Waals surface area (Å²) in [6.45, 7) is 0. The molecule has 0 heterocycles. The number of hydroxylamine groups is 1. The minimum Gasteiger partial charge on any atom is -0.457 e. The van der Waals surface area contributed by atoms with Crippen molar-refractivity contribution in [2.45, 2.75) is 16.9 Å². The lowest BCUT2D eigenvalue weighted by molar-refractivity contribution is -0.131. The Hall–Kier alpha value is -3.71. The van der Waals surface area contributed by atoms with Crippen LogP contribution in [0.2, 0.25) is 0 Å². The van der Waals surface area contributed by atoms with Crippen LogP contribution in [0.1, 0.15) is 11.5 Å². The predicted octanol–water partition coefficient (Wildman–Crippen LogP) is 2.94. The largest absolute Gasteiger partial charge is 0.457 e. The van der Waals surface area contributed by atoms with E-state index in [-0.39, 0.29) is 4.90 Å². The lowest BCUT2D eigenvalue weighted by Crippen LogP contribution is -2.49. The molecule has 0 radical (unpaired) electrons. The van der Waals surface area contributed by atoms with E-state index in [0.29, 0.717) is 17.1 Å². The van der Waals surface area contributed by atoms with Gasteiger partial charge in [0.1, 0.15) is 17.5 Å². The second-order valence-electron chi connectivity index (χ2n) is 6.48. The maximum Gasteiger partial charge on any atom is 0.263 e. The molecule has 158 valence electrons. The fourth-order valence-electron chi connectivity index (χ4n) is 2.89. The molecule has 0 saturated heterocycles. The third-order valence-electron chi connectivity index (χ3n) is 4.42. The van der Waals surface area contributed by atoms with Crippen LogP contribution >= 0.6 is 0 Å². The number of amides is 1. The smallest absolute Gasteiger partial charge is 0.263 e. The second kappa shape index (κ2) is 9.86. The number of nitrogens with zero attached hydrogens (tertiary/aromatic N) is 1. The molecule has 0 saturated carbocycles. The topological polar surface area (TPSA) is 129 Å². The zero-order valence-electron chi connectivity index (χ0n) is 16.2. The molecule has 3 N–H and O–H groups in total. The predicted molar refractivity (Wildman–Crippen MR) is 112 cm³/mol. The number of hydrogen-bond acceptors (Lipinski definition) is 6. The van der Waals surface area contributed by atoms with E-state index in [1.54, 1.807) is 42.5 Å². The quantitative estimate of drug-likeness (QED) is 0.367. The van der Waals surface area contributed by atoms with Crippen molar-refractivity contribution in [1.29, 1.82) is 5.26 Å². The van der Waals surface area contributed by atoms with Crippen LogP contribution in [0.3, 0.4) is 0 Å². The molecule has 8 nitrogen and oxygen atoms in total. The average molecular weight is 437 g/mol. The van der Waals surface area contributed by atoms with E-state index in [1.807, 2.05) is 24.3 Å². The molecule has 0 aliphatic carbocycles. The summed E-state index contributed by atoms with van der Waals surface area (Å²) in [5.41, 5.74) is 1.85. The zero-order valence-corrected chi connectivity index (χ0v) is 17.0. The number of carbonyl (C=O) groups excluding carboxylic acids is 1. The molecule has 3 aromatic carbocycles. The lowest BCUT2D eigenvalue weighted by Gasteiger charge is -2.21. The van der Waals surface area contributed by atoms with Gasteiger partial charge < -0.3 is 4.74 Å². The maximum atomic E-state index is 12.9. The van der Waals surface area contributed by atoms with E-state index in [0.717, 1.165) is 0 Å². The standard InChI is InChI=1S/C22H19N3O5S/c23-15-20(16-7-3-1-4-8-16)21(22(26)24-27)25-31(28,29)19-13-11-18(12-14-19)30-17-9-5-2-6-10-17/h1-14,20-21,25,27H,(H,24,26)/t20?,21-/m1/s1. The molecule has 0 aliphatic rings. The first-order valence-electron chi connectivity index (χ1n) is 9.18. The normalized spacial score (nSPS) is 12.9. The summed E-state index contributed by atoms with van der Waals surface area (Å²) in [7, 11) is -4.20. The van der Waals surface area contributed by atoms with E-state index >= 15 is 0 Å². The van der Waals surface area contributed by atoms with Gasteiger partial charge >= 0.3 is 0 Å². The number of nitrogens with one attached hydrogen (secondary N) is 2. The van der Waals surface area contributed by atoms with Crippen LogP contribution in [0.4, 0.5) is 0 Å². The lowest BCUT2D eigenvalue weighted by atomic mass is 9.93. The Balaban J connectivity index is 1.83. The Labute approximate surface area is 179 Å². The Morgan fingerprint density at radius 1 is 0.903 bits per heavy atom. The molecule has 9 heteroatoms. The Morgan fingerprint density at radius 3 is 2.00 bits per heavy atom. The van der Waals surface area contributed by atoms with E-state index in [2.05, 4.69) is 4.72 Å². The molecule has 0 aliphatic heterocycles. The SMILES string of the molecule is N#CC(c1ccccc1)[C@@H](NS(=O)(=O)c1ccc(Oc2ccccc2)cc1)C(=O)NO. The number of hydrogen-bond donors (Lipinski definition) is 3. The summed E-state index contributed by atoms with van der Waals surface area (Å²) in [5.74, 6) is -1.20. The molecule has 0 bridgehead atoms. The molecule has 0 spiro atoms. The molecular weight excluding hydrogens is 418 g/mol. The summed E-state index contributed by atoms with van der Waals surface area (Å²) < 4.78 is 33.6. The number of benzene rings is 3. The van der Waals surface area contributed by atoms with Crippen LogP contribution in [-0.2, 0) is 14.8 Å². The monoisotopic (exact) mass is 437 g/mol. The summed E-state index contributed by atoms with van der Waals surface area (Å²) in [5, 5.41) is 18.7. The fourth-order valence-corrected chi connectivity index (χ4v) is 4.10. The molecule has 3 rings (SSSR count). The highest BCUT2D eigenvalue weighted by molar-refractivity contribution is 7.89. The number of nitriles is 1. The summed E-state index contributed by atoms with van der Waals surface area (Å²) >= 11 is 0. The minimum atomic E-state index is -4.20. The van der Waals surface area contributed by atoms with Gasteiger partial charge in [-0.15, -0.1) is 0 Å². The van der Waals surface area contributed by atoms with E-state index in [4.69, 9.17) is 9.94 Å². The van der Waals surface area contributed by atoms with Gasteiger partial charge in [0.2, 0.25) is 10.0 Å². The number of para-hydroxylation sites is 1. The minimum absolute atomic E-state index is 0.131. The highest BCUT2D eigenvalue weighted by Gasteiger charge is 2.34. The van der Waals surface area contributed by atoms with Crippen LogP contribution < -0.4 is 14.9 Å². The van der Waals surface area contributed by atoms with Crippen LogP contribution in [0.25, 0.3) is 0 Å². The van der Waals surface area contributed by atoms with Gasteiger partial charge in [-0.05, 0) is 42.0 Å². The van der Waals surface area contributed by atoms with Gasteiger partial charge in [-0.1, -0.05) is 48.5 Å². The van der Waals surface area contributed by atoms with Crippen molar-refractivity contribution in [3.05, 3.63) is 90.5 Å². The first-order valence-corrected chi connectivity index (χ1v) is 10.7. The van der Waals surface area contributed by atoms with E-state index in [9.17, 15) is 18.5 Å². The van der Waals surface area contributed by atoms with Crippen molar-refractivity contribution < 1.29 is 23.2 Å². The Morgan fingerprint density at radius 2 is 1.45 bits per heavy atom. The molecule has 1 unspecified atom stereocenters. The van der Waals surface area contributed by atoms with E-state index in [1.165, 1.54) is 29.7 Å². The molecule has 1 amide bonds. The zero-order chi connectivity index (χ0) is 22.3. The maximum absolute atomic E-state index is 12.9. The average Bonchev–Trinajstić information content (AvgIpc) is 2.80. The molecule has 0 fully saturated rings. The molecule has 2 atom stereocenters. The van der Waals surface area contributed by atoms with Gasteiger partial charge in [0.15, 0.2) is 0 Å². The highest BCUT2D eigenvalue weighted by atomic mass is 32.2. The van der Waals surface area contributed by atoms with Crippen molar-refractivity contribution in [3.63, 3.8) is 0 Å². The van der Waals surface area contributed by atoms with Gasteiger partial charge in [0.25, 0.3) is 5.91 Å².